The van der Waals surface area contributed by atoms with E-state index < -0.39 is 61.0 Å². The molecule has 0 saturated carbocycles. The average Bonchev–Trinajstić information content (AvgIpc) is 4.28. The molecule has 23 heteroatoms. The van der Waals surface area contributed by atoms with Crippen molar-refractivity contribution in [1.82, 2.24) is 26.3 Å². The van der Waals surface area contributed by atoms with Crippen molar-refractivity contribution in [3.8, 4) is 23.0 Å². The van der Waals surface area contributed by atoms with E-state index in [0.717, 1.165) is 22.5 Å². The van der Waals surface area contributed by atoms with Gasteiger partial charge in [0.15, 0.2) is 23.0 Å². The van der Waals surface area contributed by atoms with Crippen LogP contribution in [0.1, 0.15) is 72.6 Å². The number of carbonyl (C=O) groups is 9. The van der Waals surface area contributed by atoms with E-state index in [0.29, 0.717) is 69.6 Å². The van der Waals surface area contributed by atoms with Gasteiger partial charge in [-0.3, -0.25) is 48.2 Å². The summed E-state index contributed by atoms with van der Waals surface area (Å²) < 4.78 is 24.2. The van der Waals surface area contributed by atoms with E-state index in [1.54, 1.807) is 53.6 Å². The highest BCUT2D eigenvalue weighted by Crippen LogP contribution is 2.43. The number of anilines is 3. The lowest BCUT2D eigenvalue weighted by molar-refractivity contribution is -0.197. The van der Waals surface area contributed by atoms with Gasteiger partial charge >= 0.3 is 5.97 Å². The minimum absolute atomic E-state index is 0.0640. The molecule has 0 bridgehead atoms. The normalized spacial score (nSPS) is 16.4. The fourth-order valence-electron chi connectivity index (χ4n) is 9.90. The second kappa shape index (κ2) is 22.8. The molecule has 5 aromatic rings. The van der Waals surface area contributed by atoms with Gasteiger partial charge in [0.1, 0.15) is 13.2 Å². The maximum absolute atomic E-state index is 14.1. The number of methoxy groups -OCH3 is 2. The van der Waals surface area contributed by atoms with Crippen molar-refractivity contribution in [1.29, 1.82) is 0 Å². The second-order valence-corrected chi connectivity index (χ2v) is 19.0. The van der Waals surface area contributed by atoms with Crippen LogP contribution in [0.2, 0.25) is 0 Å². The minimum atomic E-state index is -0.913. The highest BCUT2D eigenvalue weighted by Gasteiger charge is 2.39. The molecule has 8 amide bonds. The van der Waals surface area contributed by atoms with Crippen molar-refractivity contribution >= 4 is 82.2 Å². The number of hydrogen-bond acceptors (Lipinski definition) is 16. The number of para-hydroxylation sites is 2. The summed E-state index contributed by atoms with van der Waals surface area (Å²) >= 11 is 0. The molecule has 5 heterocycles. The molecule has 0 radical (unpaired) electrons. The van der Waals surface area contributed by atoms with Crippen LogP contribution < -0.4 is 55.3 Å². The number of ether oxygens (including phenoxy) is 4. The lowest BCUT2D eigenvalue weighted by Gasteiger charge is -2.22. The molecule has 1 fully saturated rings. The Labute approximate surface area is 451 Å². The van der Waals surface area contributed by atoms with E-state index in [1.165, 1.54) is 14.2 Å². The fraction of sp³-hybridized carbons (Fsp3) is 0.286. The zero-order valence-corrected chi connectivity index (χ0v) is 42.9. The highest BCUT2D eigenvalue weighted by atomic mass is 16.7. The maximum atomic E-state index is 14.1. The van der Waals surface area contributed by atoms with Crippen LogP contribution in [-0.4, -0.2) is 124 Å². The SMILES string of the molecule is COc1cc2c(cc1OCc1cc(COc3cc4c(cc3OC)C(=O)N3c5ccccc5C[C@H]3CN4)cc(C(=O)NCC(=O)NCC(=O)NCC(=O)NCCC(=O)ON3C(=O)CCC3=O)c1)N=C[C@@H]1Cc3ccccc3N1C2=O. The Morgan fingerprint density at radius 2 is 1.20 bits per heavy atom. The standard InChI is InChI=1S/C56H53N9O14/c1-75-44-20-38-40(58-24-36-18-33-7-3-5-9-42(33)63(36)55(38)73)22-46(44)77-29-31-15-32(30-78-47-23-41-39(21-45(47)76-2)56(74)64-37(25-59-41)19-34-8-4-6-10-43(34)64)17-35(16-31)54(72)62-28-50(68)61-27-49(67)60-26-48(66)57-14-13-53(71)79-65-51(69)11-12-52(65)70/h3-10,15-17,20-24,36-37,59H,11-14,18-19,25-30H2,1-2H3,(H,57,66)(H,60,67)(H,61,68)(H,62,72)/t36-,37-/m0/s1. The highest BCUT2D eigenvalue weighted by molar-refractivity contribution is 6.15. The lowest BCUT2D eigenvalue weighted by Crippen LogP contribution is -2.44. The quantitative estimate of drug-likeness (QED) is 0.0743. The van der Waals surface area contributed by atoms with Gasteiger partial charge < -0.3 is 55.3 Å². The summed E-state index contributed by atoms with van der Waals surface area (Å²) in [5, 5.41) is 13.5. The molecule has 1 saturated heterocycles. The molecular weight excluding hydrogens is 1020 g/mol. The number of nitrogens with one attached hydrogen (secondary N) is 5. The summed E-state index contributed by atoms with van der Waals surface area (Å²) in [5.74, 6) is -4.22. The average molecular weight is 1080 g/mol. The number of nitrogens with zero attached hydrogens (tertiary/aromatic N) is 4. The van der Waals surface area contributed by atoms with Crippen molar-refractivity contribution in [3.63, 3.8) is 0 Å². The molecule has 2 atom stereocenters. The number of fused-ring (bicyclic) bond motifs is 8. The minimum Gasteiger partial charge on any atom is -0.493 e. The van der Waals surface area contributed by atoms with Gasteiger partial charge in [-0.25, -0.2) is 4.79 Å². The largest absolute Gasteiger partial charge is 0.493 e. The monoisotopic (exact) mass is 1080 g/mol. The van der Waals surface area contributed by atoms with Gasteiger partial charge in [-0.1, -0.05) is 36.4 Å². The predicted octanol–water partition coefficient (Wildman–Crippen LogP) is 3.22. The van der Waals surface area contributed by atoms with Gasteiger partial charge in [0.25, 0.3) is 29.5 Å². The zero-order chi connectivity index (χ0) is 55.3. The van der Waals surface area contributed by atoms with Crippen molar-refractivity contribution in [2.45, 2.75) is 57.4 Å². The Hall–Kier alpha value is -9.80. The molecule has 5 aromatic carbocycles. The predicted molar refractivity (Wildman–Crippen MR) is 282 cm³/mol. The van der Waals surface area contributed by atoms with Crippen molar-refractivity contribution in [3.05, 3.63) is 130 Å². The van der Waals surface area contributed by atoms with Gasteiger partial charge in [0.05, 0.1) is 74.9 Å². The summed E-state index contributed by atoms with van der Waals surface area (Å²) in [7, 11) is 2.93. The van der Waals surface area contributed by atoms with Gasteiger partial charge in [0, 0.05) is 67.6 Å². The summed E-state index contributed by atoms with van der Waals surface area (Å²) in [4.78, 5) is 128. The molecule has 0 unspecified atom stereocenters. The zero-order valence-electron chi connectivity index (χ0n) is 42.9. The number of benzene rings is 5. The molecule has 5 aliphatic heterocycles. The molecule has 79 heavy (non-hydrogen) atoms. The molecule has 23 nitrogen and oxygen atoms in total. The van der Waals surface area contributed by atoms with Crippen LogP contribution in [0.5, 0.6) is 23.0 Å². The lowest BCUT2D eigenvalue weighted by atomic mass is 10.1. The Kier molecular flexibility index (Phi) is 15.2. The summed E-state index contributed by atoms with van der Waals surface area (Å²) in [5.41, 5.74) is 6.65. The molecule has 0 aliphatic carbocycles. The van der Waals surface area contributed by atoms with Gasteiger partial charge in [0.2, 0.25) is 17.7 Å². The Morgan fingerprint density at radius 3 is 1.86 bits per heavy atom. The second-order valence-electron chi connectivity index (χ2n) is 19.0. The third-order valence-corrected chi connectivity index (χ3v) is 13.7. The fourth-order valence-corrected chi connectivity index (χ4v) is 9.90. The third kappa shape index (κ3) is 11.4. The number of hydroxylamine groups is 2. The number of hydrogen-bond donors (Lipinski definition) is 5. The van der Waals surface area contributed by atoms with Crippen LogP contribution in [0.25, 0.3) is 0 Å². The van der Waals surface area contributed by atoms with Crippen LogP contribution in [0.15, 0.2) is 96.0 Å². The Morgan fingerprint density at radius 1 is 0.633 bits per heavy atom. The van der Waals surface area contributed by atoms with Crippen LogP contribution in [0.4, 0.5) is 22.7 Å². The van der Waals surface area contributed by atoms with E-state index in [9.17, 15) is 43.2 Å². The van der Waals surface area contributed by atoms with E-state index in [2.05, 4.69) is 26.6 Å². The van der Waals surface area contributed by atoms with Crippen LogP contribution in [-0.2, 0) is 59.7 Å². The first kappa shape index (κ1) is 52.6. The van der Waals surface area contributed by atoms with E-state index in [1.807, 2.05) is 53.4 Å². The summed E-state index contributed by atoms with van der Waals surface area (Å²) in [6.45, 7) is -1.49. The number of imide groups is 1. The van der Waals surface area contributed by atoms with Gasteiger partial charge in [-0.05, 0) is 71.1 Å². The summed E-state index contributed by atoms with van der Waals surface area (Å²) in [6, 6.07) is 26.7. The molecule has 10 rings (SSSR count). The smallest absolute Gasteiger partial charge is 0.334 e. The van der Waals surface area contributed by atoms with E-state index >= 15 is 0 Å². The Balaban J connectivity index is 0.801. The number of aliphatic imine (C=N–C) groups is 1. The maximum Gasteiger partial charge on any atom is 0.334 e. The number of amides is 8. The van der Waals surface area contributed by atoms with Crippen molar-refractivity contribution in [2.75, 3.05) is 62.1 Å². The first-order chi connectivity index (χ1) is 38.2. The Bertz CT molecular complexity index is 3360. The van der Waals surface area contributed by atoms with Crippen LogP contribution in [0, 0.1) is 0 Å². The van der Waals surface area contributed by atoms with Gasteiger partial charge in [-0.15, -0.1) is 5.06 Å². The van der Waals surface area contributed by atoms with Crippen LogP contribution in [0.3, 0.4) is 0 Å². The topological polar surface area (TPSA) is 282 Å². The molecule has 5 aliphatic rings. The molecule has 0 aromatic heterocycles. The number of rotatable bonds is 19. The van der Waals surface area contributed by atoms with Gasteiger partial charge in [-0.2, -0.15) is 0 Å². The van der Waals surface area contributed by atoms with E-state index in [4.69, 9.17) is 28.8 Å². The van der Waals surface area contributed by atoms with Crippen LogP contribution >= 0.6 is 0 Å². The third-order valence-electron chi connectivity index (χ3n) is 13.7. The summed E-state index contributed by atoms with van der Waals surface area (Å²) in [6.07, 6.45) is 2.59. The molecule has 0 spiro atoms. The van der Waals surface area contributed by atoms with Crippen molar-refractivity contribution < 1.29 is 66.9 Å². The molecular formula is C56H53N9O14. The molecule has 5 N–H and O–H groups in total. The van der Waals surface area contributed by atoms with E-state index in [-0.39, 0.29) is 80.0 Å². The molecule has 406 valence electrons. The number of carbonyl (C=O) groups excluding carboxylic acids is 9. The van der Waals surface area contributed by atoms with Crippen molar-refractivity contribution in [2.24, 2.45) is 4.99 Å². The first-order valence-electron chi connectivity index (χ1n) is 25.3. The first-order valence-corrected chi connectivity index (χ1v) is 25.3.